The first-order valence-electron chi connectivity index (χ1n) is 13.8. The van der Waals surface area contributed by atoms with Gasteiger partial charge in [0.1, 0.15) is 0 Å². The van der Waals surface area contributed by atoms with Crippen LogP contribution in [0.15, 0.2) is 35.5 Å². The second-order valence-electron chi connectivity index (χ2n) is 11.3. The molecule has 1 atom stereocenters. The van der Waals surface area contributed by atoms with Gasteiger partial charge in [0.25, 0.3) is 0 Å². The lowest BCUT2D eigenvalue weighted by atomic mass is 9.92. The molecule has 210 valence electrons. The number of nitrogens with zero attached hydrogens (tertiary/aromatic N) is 3. The second kappa shape index (κ2) is 12.7. The van der Waals surface area contributed by atoms with Crippen LogP contribution in [0.25, 0.3) is 0 Å². The van der Waals surface area contributed by atoms with E-state index in [1.807, 2.05) is 56.9 Å². The molecule has 4 amide bonds. The van der Waals surface area contributed by atoms with Crippen molar-refractivity contribution < 1.29 is 19.1 Å². The molecule has 0 spiro atoms. The van der Waals surface area contributed by atoms with Gasteiger partial charge in [-0.1, -0.05) is 38.1 Å². The molecule has 0 saturated carbocycles. The summed E-state index contributed by atoms with van der Waals surface area (Å²) in [5, 5.41) is 6.09. The van der Waals surface area contributed by atoms with Crippen molar-refractivity contribution in [2.75, 3.05) is 45.9 Å². The number of benzene rings is 1. The topological polar surface area (TPSA) is 94.2 Å². The minimum atomic E-state index is -0.596. The van der Waals surface area contributed by atoms with Crippen molar-refractivity contribution in [3.63, 3.8) is 0 Å². The van der Waals surface area contributed by atoms with Gasteiger partial charge in [-0.05, 0) is 58.1 Å². The number of hydrogen-bond donors (Lipinski definition) is 2. The molecular weight excluding hydrogens is 482 g/mol. The molecule has 0 aliphatic carbocycles. The lowest BCUT2D eigenvalue weighted by Crippen LogP contribution is -2.51. The van der Waals surface area contributed by atoms with Gasteiger partial charge in [0.05, 0.1) is 18.2 Å². The fourth-order valence-electron chi connectivity index (χ4n) is 4.92. The Morgan fingerprint density at radius 3 is 2.34 bits per heavy atom. The highest BCUT2D eigenvalue weighted by Gasteiger charge is 2.38. The number of rotatable bonds is 7. The highest BCUT2D eigenvalue weighted by molar-refractivity contribution is 5.95. The SMILES string of the molecule is CCOC(=O)C1=C(CN2CCCN(C(=O)NC(C)(C)C)CC2)N(CC)C(=O)NC1c1ccc(C(C)C)cc1. The molecule has 38 heavy (non-hydrogen) atoms. The van der Waals surface area contributed by atoms with Crippen LogP contribution in [0.5, 0.6) is 0 Å². The molecule has 3 rings (SSSR count). The van der Waals surface area contributed by atoms with Gasteiger partial charge in [-0.15, -0.1) is 0 Å². The standard InChI is InChI=1S/C29H45N5O4/c1-8-34-23(19-32-15-10-16-33(18-17-32)28(37)31-29(5,6)7)24(26(35)38-9-2)25(30-27(34)36)22-13-11-21(12-14-22)20(3)4/h11-14,20,25H,8-10,15-19H2,1-7H3,(H,30,36)(H,31,37). The lowest BCUT2D eigenvalue weighted by molar-refractivity contribution is -0.139. The van der Waals surface area contributed by atoms with E-state index in [9.17, 15) is 14.4 Å². The largest absolute Gasteiger partial charge is 0.463 e. The van der Waals surface area contributed by atoms with E-state index >= 15 is 0 Å². The predicted octanol–water partition coefficient (Wildman–Crippen LogP) is 4.23. The molecule has 9 heteroatoms. The fourth-order valence-corrected chi connectivity index (χ4v) is 4.92. The van der Waals surface area contributed by atoms with Gasteiger partial charge in [-0.2, -0.15) is 0 Å². The maximum absolute atomic E-state index is 13.4. The molecule has 0 aromatic heterocycles. The van der Waals surface area contributed by atoms with Gasteiger partial charge in [-0.3, -0.25) is 9.80 Å². The zero-order valence-corrected chi connectivity index (χ0v) is 24.1. The van der Waals surface area contributed by atoms with E-state index in [1.165, 1.54) is 5.56 Å². The summed E-state index contributed by atoms with van der Waals surface area (Å²) in [4.78, 5) is 45.1. The van der Waals surface area contributed by atoms with E-state index in [4.69, 9.17) is 4.74 Å². The Hall–Kier alpha value is -3.07. The monoisotopic (exact) mass is 527 g/mol. The third kappa shape index (κ3) is 7.28. The van der Waals surface area contributed by atoms with Gasteiger partial charge >= 0.3 is 18.0 Å². The Morgan fingerprint density at radius 1 is 1.08 bits per heavy atom. The molecule has 2 heterocycles. The van der Waals surface area contributed by atoms with Gasteiger partial charge in [0.15, 0.2) is 0 Å². The number of hydrogen-bond acceptors (Lipinski definition) is 5. The van der Waals surface area contributed by atoms with Crippen molar-refractivity contribution in [1.29, 1.82) is 0 Å². The fraction of sp³-hybridized carbons (Fsp3) is 0.621. The Bertz CT molecular complexity index is 1030. The molecule has 1 aromatic carbocycles. The molecule has 1 aromatic rings. The van der Waals surface area contributed by atoms with Crippen molar-refractivity contribution in [1.82, 2.24) is 25.3 Å². The molecule has 2 N–H and O–H groups in total. The minimum absolute atomic E-state index is 0.0667. The number of urea groups is 2. The van der Waals surface area contributed by atoms with Crippen LogP contribution in [0.3, 0.4) is 0 Å². The molecule has 1 fully saturated rings. The molecular formula is C29H45N5O4. The second-order valence-corrected chi connectivity index (χ2v) is 11.3. The number of nitrogens with one attached hydrogen (secondary N) is 2. The summed E-state index contributed by atoms with van der Waals surface area (Å²) in [6.07, 6.45) is 0.804. The van der Waals surface area contributed by atoms with Crippen LogP contribution < -0.4 is 10.6 Å². The molecule has 2 aliphatic heterocycles. The van der Waals surface area contributed by atoms with Crippen molar-refractivity contribution in [2.45, 2.75) is 72.4 Å². The van der Waals surface area contributed by atoms with E-state index in [1.54, 1.807) is 11.8 Å². The first-order valence-corrected chi connectivity index (χ1v) is 13.8. The van der Waals surface area contributed by atoms with E-state index < -0.39 is 12.0 Å². The van der Waals surface area contributed by atoms with Crippen LogP contribution in [-0.2, 0) is 9.53 Å². The Morgan fingerprint density at radius 2 is 1.76 bits per heavy atom. The smallest absolute Gasteiger partial charge is 0.338 e. The van der Waals surface area contributed by atoms with Gasteiger partial charge in [0, 0.05) is 50.5 Å². The Balaban J connectivity index is 1.93. The van der Waals surface area contributed by atoms with Gasteiger partial charge in [0.2, 0.25) is 0 Å². The molecule has 0 bridgehead atoms. The van der Waals surface area contributed by atoms with E-state index in [0.29, 0.717) is 49.9 Å². The average molecular weight is 528 g/mol. The normalized spacial score (nSPS) is 19.4. The summed E-state index contributed by atoms with van der Waals surface area (Å²) < 4.78 is 5.51. The van der Waals surface area contributed by atoms with Crippen molar-refractivity contribution in [3.05, 3.63) is 46.7 Å². The third-order valence-corrected chi connectivity index (χ3v) is 6.92. The molecule has 2 aliphatic rings. The van der Waals surface area contributed by atoms with Crippen LogP contribution in [0.2, 0.25) is 0 Å². The minimum Gasteiger partial charge on any atom is -0.463 e. The van der Waals surface area contributed by atoms with Gasteiger partial charge < -0.3 is 20.3 Å². The number of carbonyl (C=O) groups excluding carboxylic acids is 3. The van der Waals surface area contributed by atoms with Crippen LogP contribution in [0, 0.1) is 0 Å². The van der Waals surface area contributed by atoms with Crippen molar-refractivity contribution in [3.8, 4) is 0 Å². The van der Waals surface area contributed by atoms with E-state index in [-0.39, 0.29) is 24.2 Å². The van der Waals surface area contributed by atoms with Crippen LogP contribution >= 0.6 is 0 Å². The lowest BCUT2D eigenvalue weighted by Gasteiger charge is -2.38. The molecule has 1 unspecified atom stereocenters. The summed E-state index contributed by atoms with van der Waals surface area (Å²) in [5.41, 5.74) is 2.87. The van der Waals surface area contributed by atoms with E-state index in [2.05, 4.69) is 29.4 Å². The van der Waals surface area contributed by atoms with Crippen molar-refractivity contribution in [2.24, 2.45) is 0 Å². The Kier molecular flexibility index (Phi) is 9.82. The summed E-state index contributed by atoms with van der Waals surface area (Å²) in [6.45, 7) is 17.6. The number of carbonyl (C=O) groups is 3. The van der Waals surface area contributed by atoms with Crippen LogP contribution in [0.4, 0.5) is 9.59 Å². The molecule has 9 nitrogen and oxygen atoms in total. The first kappa shape index (κ1) is 29.5. The number of likely N-dealkylation sites (N-methyl/N-ethyl adjacent to an activating group) is 1. The first-order chi connectivity index (χ1) is 17.9. The summed E-state index contributed by atoms with van der Waals surface area (Å²) in [5.74, 6) is -0.0378. The highest BCUT2D eigenvalue weighted by atomic mass is 16.5. The number of ether oxygens (including phenoxy) is 1. The van der Waals surface area contributed by atoms with Crippen LogP contribution in [0.1, 0.15) is 78.0 Å². The predicted molar refractivity (Wildman–Crippen MR) is 149 cm³/mol. The zero-order valence-electron chi connectivity index (χ0n) is 24.1. The molecule has 1 saturated heterocycles. The highest BCUT2D eigenvalue weighted by Crippen LogP contribution is 2.33. The van der Waals surface area contributed by atoms with Crippen molar-refractivity contribution >= 4 is 18.0 Å². The summed E-state index contributed by atoms with van der Waals surface area (Å²) in [7, 11) is 0. The quantitative estimate of drug-likeness (QED) is 0.518. The number of esters is 1. The summed E-state index contributed by atoms with van der Waals surface area (Å²) >= 11 is 0. The zero-order chi connectivity index (χ0) is 28.0. The number of amides is 4. The van der Waals surface area contributed by atoms with Gasteiger partial charge in [-0.25, -0.2) is 14.4 Å². The van der Waals surface area contributed by atoms with E-state index in [0.717, 1.165) is 18.5 Å². The Labute approximate surface area is 227 Å². The van der Waals surface area contributed by atoms with Crippen LogP contribution in [-0.4, -0.2) is 84.1 Å². The summed E-state index contributed by atoms with van der Waals surface area (Å²) in [6, 6.07) is 7.17. The average Bonchev–Trinajstić information content (AvgIpc) is 3.09. The maximum atomic E-state index is 13.4. The molecule has 0 radical (unpaired) electrons. The maximum Gasteiger partial charge on any atom is 0.338 e. The third-order valence-electron chi connectivity index (χ3n) is 6.92.